The number of likely N-dealkylation sites (tertiary alicyclic amines) is 1. The molecule has 8 heteroatoms. The highest BCUT2D eigenvalue weighted by molar-refractivity contribution is 6.33. The summed E-state index contributed by atoms with van der Waals surface area (Å²) in [7, 11) is 0. The highest BCUT2D eigenvalue weighted by Crippen LogP contribution is 2.31. The largest absolute Gasteiger partial charge is 0.506 e. The molecule has 0 bridgehead atoms. The molecule has 2 aliphatic rings. The van der Waals surface area contributed by atoms with Crippen molar-refractivity contribution in [1.82, 2.24) is 4.90 Å². The summed E-state index contributed by atoms with van der Waals surface area (Å²) in [5, 5.41) is 14.4. The predicted molar refractivity (Wildman–Crippen MR) is 132 cm³/mol. The molecule has 2 heterocycles. The monoisotopic (exact) mass is 488 g/mol. The number of amides is 1. The molecule has 0 saturated carbocycles. The maximum absolute atomic E-state index is 12.7. The van der Waals surface area contributed by atoms with E-state index in [4.69, 9.17) is 21.2 Å². The SMILES string of the molecule is CC1/C=C/CCCOC(=O)c2ccc(O)c(Cl)c2CC(=N/OCC(=O)N2CCCCC2)/C=C/C1. The van der Waals surface area contributed by atoms with Gasteiger partial charge in [-0.15, -0.1) is 0 Å². The maximum Gasteiger partial charge on any atom is 0.338 e. The molecular weight excluding hydrogens is 456 g/mol. The number of phenols is 1. The number of halogens is 1. The number of hydrogen-bond donors (Lipinski definition) is 1. The average Bonchev–Trinajstić information content (AvgIpc) is 2.84. The van der Waals surface area contributed by atoms with Gasteiger partial charge in [0.15, 0.2) is 6.61 Å². The second kappa shape index (κ2) is 13.2. The Balaban J connectivity index is 1.83. The lowest BCUT2D eigenvalue weighted by Crippen LogP contribution is -2.37. The summed E-state index contributed by atoms with van der Waals surface area (Å²) >= 11 is 6.38. The van der Waals surface area contributed by atoms with Crippen LogP contribution in [0.4, 0.5) is 0 Å². The van der Waals surface area contributed by atoms with Crippen molar-refractivity contribution in [3.05, 3.63) is 52.6 Å². The Bertz CT molecular complexity index is 951. The minimum absolute atomic E-state index is 0.0688. The third-order valence-corrected chi connectivity index (χ3v) is 6.33. The van der Waals surface area contributed by atoms with Crippen molar-refractivity contribution in [1.29, 1.82) is 0 Å². The van der Waals surface area contributed by atoms with Crippen molar-refractivity contribution in [3.63, 3.8) is 0 Å². The first-order valence-electron chi connectivity index (χ1n) is 11.9. The first-order valence-corrected chi connectivity index (χ1v) is 12.3. The topological polar surface area (TPSA) is 88.4 Å². The average molecular weight is 489 g/mol. The lowest BCUT2D eigenvalue weighted by Gasteiger charge is -2.26. The van der Waals surface area contributed by atoms with Crippen LogP contribution in [0.15, 0.2) is 41.6 Å². The summed E-state index contributed by atoms with van der Waals surface area (Å²) in [6.45, 7) is 3.74. The first-order chi connectivity index (χ1) is 16.5. The van der Waals surface area contributed by atoms with E-state index in [0.717, 1.165) is 51.6 Å². The Labute approximate surface area is 206 Å². The molecule has 1 saturated heterocycles. The number of phenolic OH excluding ortho intramolecular Hbond substituents is 1. The number of piperidine rings is 1. The molecule has 1 aromatic carbocycles. The molecule has 1 N–H and O–H groups in total. The molecule has 0 aromatic heterocycles. The molecule has 0 aliphatic carbocycles. The van der Waals surface area contributed by atoms with Crippen LogP contribution in [0.2, 0.25) is 5.02 Å². The fourth-order valence-electron chi connectivity index (χ4n) is 3.95. The van der Waals surface area contributed by atoms with Gasteiger partial charge in [-0.3, -0.25) is 4.79 Å². The van der Waals surface area contributed by atoms with E-state index in [1.54, 1.807) is 4.90 Å². The van der Waals surface area contributed by atoms with Crippen molar-refractivity contribution < 1.29 is 24.3 Å². The molecular formula is C26H33ClN2O5. The quantitative estimate of drug-likeness (QED) is 0.365. The van der Waals surface area contributed by atoms with Crippen molar-refractivity contribution in [2.45, 2.75) is 51.9 Å². The van der Waals surface area contributed by atoms with Gasteiger partial charge in [0.05, 0.1) is 22.9 Å². The highest BCUT2D eigenvalue weighted by Gasteiger charge is 2.20. The Hall–Kier alpha value is -2.80. The third kappa shape index (κ3) is 7.62. The van der Waals surface area contributed by atoms with Gasteiger partial charge in [-0.25, -0.2) is 4.79 Å². The fraction of sp³-hybridized carbons (Fsp3) is 0.500. The van der Waals surface area contributed by atoms with E-state index < -0.39 is 5.97 Å². The van der Waals surface area contributed by atoms with Crippen molar-refractivity contribution >= 4 is 29.2 Å². The number of fused-ring (bicyclic) bond motifs is 1. The Morgan fingerprint density at radius 2 is 2.03 bits per heavy atom. The minimum Gasteiger partial charge on any atom is -0.506 e. The first kappa shape index (κ1) is 25.8. The lowest BCUT2D eigenvalue weighted by atomic mass is 10.00. The number of cyclic esters (lactones) is 1. The number of esters is 1. The van der Waals surface area contributed by atoms with Gasteiger partial charge in [-0.1, -0.05) is 41.9 Å². The summed E-state index contributed by atoms with van der Waals surface area (Å²) in [5.41, 5.74) is 1.16. The van der Waals surface area contributed by atoms with Gasteiger partial charge in [-0.2, -0.15) is 0 Å². The number of carbonyl (C=O) groups excluding carboxylic acids is 2. The Kier molecular flexibility index (Phi) is 10.0. The summed E-state index contributed by atoms with van der Waals surface area (Å²) in [6, 6.07) is 2.88. The molecule has 2 aliphatic heterocycles. The van der Waals surface area contributed by atoms with Crippen molar-refractivity contribution in [2.24, 2.45) is 11.1 Å². The van der Waals surface area contributed by atoms with Crippen LogP contribution >= 0.6 is 11.6 Å². The molecule has 0 radical (unpaired) electrons. The van der Waals surface area contributed by atoms with Gasteiger partial charge in [-0.05, 0) is 68.2 Å². The normalized spacial score (nSPS) is 23.2. The molecule has 1 atom stereocenters. The van der Waals surface area contributed by atoms with Crippen LogP contribution in [0.5, 0.6) is 5.75 Å². The summed E-state index contributed by atoms with van der Waals surface area (Å²) in [4.78, 5) is 32.4. The molecule has 34 heavy (non-hydrogen) atoms. The van der Waals surface area contributed by atoms with E-state index in [2.05, 4.69) is 24.2 Å². The molecule has 7 nitrogen and oxygen atoms in total. The van der Waals surface area contributed by atoms with E-state index >= 15 is 0 Å². The van der Waals surface area contributed by atoms with Gasteiger partial charge in [0.2, 0.25) is 0 Å². The van der Waals surface area contributed by atoms with Crippen LogP contribution in [0.25, 0.3) is 0 Å². The molecule has 1 aromatic rings. The van der Waals surface area contributed by atoms with Crippen LogP contribution in [0.1, 0.15) is 61.4 Å². The van der Waals surface area contributed by atoms with E-state index in [0.29, 0.717) is 17.2 Å². The van der Waals surface area contributed by atoms with E-state index in [9.17, 15) is 14.7 Å². The molecule has 0 spiro atoms. The zero-order valence-corrected chi connectivity index (χ0v) is 20.4. The number of hydrogen-bond acceptors (Lipinski definition) is 6. The number of ether oxygens (including phenoxy) is 1. The second-order valence-electron chi connectivity index (χ2n) is 8.72. The van der Waals surface area contributed by atoms with Crippen LogP contribution < -0.4 is 0 Å². The van der Waals surface area contributed by atoms with Crippen LogP contribution in [-0.2, 0) is 20.8 Å². The molecule has 1 fully saturated rings. The zero-order valence-electron chi connectivity index (χ0n) is 19.7. The Morgan fingerprint density at radius 3 is 2.82 bits per heavy atom. The van der Waals surface area contributed by atoms with E-state index in [1.807, 2.05) is 12.2 Å². The number of rotatable bonds is 3. The molecule has 1 unspecified atom stereocenters. The van der Waals surface area contributed by atoms with E-state index in [-0.39, 0.29) is 41.9 Å². The van der Waals surface area contributed by atoms with Gasteiger partial charge >= 0.3 is 5.97 Å². The summed E-state index contributed by atoms with van der Waals surface area (Å²) < 4.78 is 5.43. The van der Waals surface area contributed by atoms with Crippen LogP contribution in [-0.4, -0.2) is 53.9 Å². The smallest absolute Gasteiger partial charge is 0.338 e. The predicted octanol–water partition coefficient (Wildman–Crippen LogP) is 5.06. The van der Waals surface area contributed by atoms with Gasteiger partial charge in [0.25, 0.3) is 5.91 Å². The fourth-order valence-corrected chi connectivity index (χ4v) is 4.18. The standard InChI is InChI=1S/C26H33ClN2O5/c1-19-9-4-2-7-16-33-26(32)21-12-13-23(30)25(27)22(21)17-20(11-8-10-19)28-34-18-24(31)29-14-5-3-6-15-29/h4,8-9,11-13,19,30H,2-3,5-7,10,14-18H2,1H3/b9-4+,11-8+,28-20+. The number of oxime groups is 1. The highest BCUT2D eigenvalue weighted by atomic mass is 35.5. The second-order valence-corrected chi connectivity index (χ2v) is 9.10. The van der Waals surface area contributed by atoms with Gasteiger partial charge in [0, 0.05) is 19.5 Å². The van der Waals surface area contributed by atoms with Crippen LogP contribution in [0.3, 0.4) is 0 Å². The maximum atomic E-state index is 12.7. The summed E-state index contributed by atoms with van der Waals surface area (Å²) in [6.07, 6.45) is 13.6. The third-order valence-electron chi connectivity index (χ3n) is 5.91. The number of nitrogens with zero attached hydrogens (tertiary/aromatic N) is 2. The molecule has 1 amide bonds. The minimum atomic E-state index is -0.506. The van der Waals surface area contributed by atoms with Crippen LogP contribution in [0, 0.1) is 5.92 Å². The van der Waals surface area contributed by atoms with E-state index in [1.165, 1.54) is 12.1 Å². The van der Waals surface area contributed by atoms with Gasteiger partial charge < -0.3 is 19.6 Å². The molecule has 3 rings (SSSR count). The molecule has 184 valence electrons. The summed E-state index contributed by atoms with van der Waals surface area (Å²) in [5.74, 6) is -0.405. The number of carbonyl (C=O) groups is 2. The van der Waals surface area contributed by atoms with Crippen molar-refractivity contribution in [3.8, 4) is 5.75 Å². The lowest BCUT2D eigenvalue weighted by molar-refractivity contribution is -0.137. The number of benzene rings is 1. The Morgan fingerprint density at radius 1 is 1.24 bits per heavy atom. The number of allylic oxidation sites excluding steroid dienone is 4. The number of aromatic hydroxyl groups is 1. The van der Waals surface area contributed by atoms with Crippen molar-refractivity contribution in [2.75, 3.05) is 26.3 Å². The zero-order chi connectivity index (χ0) is 24.3. The van der Waals surface area contributed by atoms with Gasteiger partial charge in [0.1, 0.15) is 5.75 Å².